The Bertz CT molecular complexity index is 486. The van der Waals surface area contributed by atoms with Crippen molar-refractivity contribution in [3.63, 3.8) is 0 Å². The molecule has 0 radical (unpaired) electrons. The van der Waals surface area contributed by atoms with Crippen molar-refractivity contribution in [1.29, 1.82) is 0 Å². The Hall–Kier alpha value is -1.35. The molecule has 21 heavy (non-hydrogen) atoms. The molecule has 3 nitrogen and oxygen atoms in total. The summed E-state index contributed by atoms with van der Waals surface area (Å²) in [5, 5.41) is 3.57. The molecular formula is C18H27NO2. The van der Waals surface area contributed by atoms with Crippen molar-refractivity contribution in [3.8, 4) is 0 Å². The number of carbonyl (C=O) groups is 1. The predicted molar refractivity (Wildman–Crippen MR) is 85.3 cm³/mol. The lowest BCUT2D eigenvalue weighted by atomic mass is 9.88. The van der Waals surface area contributed by atoms with Gasteiger partial charge in [-0.3, -0.25) is 5.32 Å². The predicted octanol–water partition coefficient (Wildman–Crippen LogP) is 3.61. The Morgan fingerprint density at radius 1 is 1.24 bits per heavy atom. The van der Waals surface area contributed by atoms with Crippen LogP contribution >= 0.6 is 0 Å². The zero-order valence-electron chi connectivity index (χ0n) is 13.7. The molecule has 1 fully saturated rings. The summed E-state index contributed by atoms with van der Waals surface area (Å²) in [6.45, 7) is 8.35. The number of esters is 1. The lowest BCUT2D eigenvalue weighted by Gasteiger charge is -2.32. The molecule has 3 heteroatoms. The zero-order chi connectivity index (χ0) is 15.5. The number of hydrogen-bond donors (Lipinski definition) is 1. The van der Waals surface area contributed by atoms with Crippen molar-refractivity contribution in [1.82, 2.24) is 5.32 Å². The molecule has 1 N–H and O–H groups in total. The van der Waals surface area contributed by atoms with Gasteiger partial charge < -0.3 is 4.74 Å². The second-order valence-electron chi connectivity index (χ2n) is 6.35. The summed E-state index contributed by atoms with van der Waals surface area (Å²) < 4.78 is 5.35. The van der Waals surface area contributed by atoms with Crippen LogP contribution in [0.3, 0.4) is 0 Å². The lowest BCUT2D eigenvalue weighted by Crippen LogP contribution is -2.51. The van der Waals surface area contributed by atoms with Gasteiger partial charge in [-0.1, -0.05) is 42.2 Å². The van der Waals surface area contributed by atoms with Crippen LogP contribution in [0, 0.1) is 13.8 Å². The Labute approximate surface area is 128 Å². The maximum atomic E-state index is 12.6. The molecule has 1 aliphatic carbocycles. The van der Waals surface area contributed by atoms with E-state index >= 15 is 0 Å². The van der Waals surface area contributed by atoms with Gasteiger partial charge in [0.2, 0.25) is 0 Å². The van der Waals surface area contributed by atoms with Crippen molar-refractivity contribution in [2.75, 3.05) is 6.61 Å². The molecule has 1 saturated carbocycles. The lowest BCUT2D eigenvalue weighted by molar-refractivity contribution is -0.151. The van der Waals surface area contributed by atoms with Crippen LogP contribution in [0.4, 0.5) is 0 Å². The first-order chi connectivity index (χ1) is 9.95. The Morgan fingerprint density at radius 3 is 2.33 bits per heavy atom. The highest BCUT2D eigenvalue weighted by atomic mass is 16.5. The van der Waals surface area contributed by atoms with Crippen LogP contribution in [0.1, 0.15) is 56.2 Å². The third kappa shape index (κ3) is 3.65. The Balaban J connectivity index is 2.35. The molecule has 2 rings (SSSR count). The number of hydrogen-bond acceptors (Lipinski definition) is 3. The summed E-state index contributed by atoms with van der Waals surface area (Å²) in [5.41, 5.74) is 2.59. The van der Waals surface area contributed by atoms with Crippen LogP contribution < -0.4 is 5.32 Å². The molecule has 0 saturated heterocycles. The highest BCUT2D eigenvalue weighted by Gasteiger charge is 2.39. The second-order valence-corrected chi connectivity index (χ2v) is 6.35. The second kappa shape index (κ2) is 6.61. The molecule has 0 aromatic heterocycles. The van der Waals surface area contributed by atoms with Crippen LogP contribution in [0.15, 0.2) is 18.2 Å². The summed E-state index contributed by atoms with van der Waals surface area (Å²) >= 11 is 0. The third-order valence-electron chi connectivity index (χ3n) is 4.33. The minimum Gasteiger partial charge on any atom is -0.464 e. The van der Waals surface area contributed by atoms with E-state index in [-0.39, 0.29) is 5.97 Å². The van der Waals surface area contributed by atoms with Crippen molar-refractivity contribution >= 4 is 5.97 Å². The van der Waals surface area contributed by atoms with Crippen molar-refractivity contribution in [3.05, 3.63) is 34.9 Å². The van der Waals surface area contributed by atoms with E-state index in [4.69, 9.17) is 4.74 Å². The fourth-order valence-electron chi connectivity index (χ4n) is 3.28. The molecule has 1 aliphatic rings. The molecule has 0 amide bonds. The number of carbonyl (C=O) groups excluding carboxylic acids is 1. The molecular weight excluding hydrogens is 262 g/mol. The molecule has 116 valence electrons. The van der Waals surface area contributed by atoms with Gasteiger partial charge in [0, 0.05) is 6.04 Å². The van der Waals surface area contributed by atoms with Gasteiger partial charge in [0.25, 0.3) is 0 Å². The smallest absolute Gasteiger partial charge is 0.330 e. The summed E-state index contributed by atoms with van der Waals surface area (Å²) in [4.78, 5) is 12.6. The molecule has 1 atom stereocenters. The summed E-state index contributed by atoms with van der Waals surface area (Å²) in [7, 11) is 0. The van der Waals surface area contributed by atoms with Gasteiger partial charge >= 0.3 is 5.97 Å². The minimum absolute atomic E-state index is 0.179. The van der Waals surface area contributed by atoms with Crippen molar-refractivity contribution < 1.29 is 9.53 Å². The van der Waals surface area contributed by atoms with E-state index in [1.165, 1.54) is 24.0 Å². The van der Waals surface area contributed by atoms with Crippen LogP contribution in [0.5, 0.6) is 0 Å². The number of rotatable bonds is 5. The standard InChI is InChI=1S/C18H27NO2/c1-5-21-17(20)18(4,19-16-8-6-7-9-16)15-11-13(2)10-14(3)12-15/h10-12,16,19H,5-9H2,1-4H3. The van der Waals surface area contributed by atoms with Gasteiger partial charge in [0.15, 0.2) is 0 Å². The molecule has 1 unspecified atom stereocenters. The van der Waals surface area contributed by atoms with Crippen LogP contribution in [0.25, 0.3) is 0 Å². The van der Waals surface area contributed by atoms with E-state index in [0.717, 1.165) is 18.4 Å². The Kier molecular flexibility index (Phi) is 5.04. The van der Waals surface area contributed by atoms with Gasteiger partial charge in [0.1, 0.15) is 5.54 Å². The van der Waals surface area contributed by atoms with Gasteiger partial charge in [-0.25, -0.2) is 4.79 Å². The first-order valence-corrected chi connectivity index (χ1v) is 7.99. The fraction of sp³-hybridized carbons (Fsp3) is 0.611. The molecule has 0 spiro atoms. The topological polar surface area (TPSA) is 38.3 Å². The number of benzene rings is 1. The SMILES string of the molecule is CCOC(=O)C(C)(NC1CCCC1)c1cc(C)cc(C)c1. The monoisotopic (exact) mass is 289 g/mol. The average molecular weight is 289 g/mol. The number of nitrogens with one attached hydrogen (secondary N) is 1. The highest BCUT2D eigenvalue weighted by molar-refractivity contribution is 5.82. The van der Waals surface area contributed by atoms with Crippen molar-refractivity contribution in [2.45, 2.75) is 65.0 Å². The van der Waals surface area contributed by atoms with Gasteiger partial charge in [-0.2, -0.15) is 0 Å². The van der Waals surface area contributed by atoms with E-state index < -0.39 is 5.54 Å². The first-order valence-electron chi connectivity index (χ1n) is 7.99. The van der Waals surface area contributed by atoms with Gasteiger partial charge in [-0.15, -0.1) is 0 Å². The normalized spacial score (nSPS) is 18.5. The molecule has 0 aliphatic heterocycles. The first kappa shape index (κ1) is 16.0. The Morgan fingerprint density at radius 2 is 1.81 bits per heavy atom. The van der Waals surface area contributed by atoms with E-state index in [2.05, 4.69) is 37.4 Å². The minimum atomic E-state index is -0.762. The van der Waals surface area contributed by atoms with Crippen LogP contribution in [0.2, 0.25) is 0 Å². The summed E-state index contributed by atoms with van der Waals surface area (Å²) in [6, 6.07) is 6.71. The van der Waals surface area contributed by atoms with Crippen LogP contribution in [-0.4, -0.2) is 18.6 Å². The molecule has 0 bridgehead atoms. The largest absolute Gasteiger partial charge is 0.464 e. The third-order valence-corrected chi connectivity index (χ3v) is 4.33. The van der Waals surface area contributed by atoms with Crippen LogP contribution in [-0.2, 0) is 15.1 Å². The fourth-order valence-corrected chi connectivity index (χ4v) is 3.28. The maximum Gasteiger partial charge on any atom is 0.330 e. The van der Waals surface area contributed by atoms with E-state index in [0.29, 0.717) is 12.6 Å². The van der Waals surface area contributed by atoms with Crippen molar-refractivity contribution in [2.24, 2.45) is 0 Å². The summed E-state index contributed by atoms with van der Waals surface area (Å²) in [5.74, 6) is -0.179. The highest BCUT2D eigenvalue weighted by Crippen LogP contribution is 2.29. The average Bonchev–Trinajstić information content (AvgIpc) is 2.90. The molecule has 1 aromatic carbocycles. The summed E-state index contributed by atoms with van der Waals surface area (Å²) in [6.07, 6.45) is 4.76. The van der Waals surface area contributed by atoms with Gasteiger partial charge in [0.05, 0.1) is 6.61 Å². The maximum absolute atomic E-state index is 12.6. The number of aryl methyl sites for hydroxylation is 2. The van der Waals surface area contributed by atoms with Gasteiger partial charge in [-0.05, 0) is 46.1 Å². The van der Waals surface area contributed by atoms with E-state index in [9.17, 15) is 4.79 Å². The number of ether oxygens (including phenoxy) is 1. The molecule has 0 heterocycles. The van der Waals surface area contributed by atoms with E-state index in [1.807, 2.05) is 13.8 Å². The quantitative estimate of drug-likeness (QED) is 0.841. The molecule has 1 aromatic rings. The zero-order valence-corrected chi connectivity index (χ0v) is 13.7. The van der Waals surface area contributed by atoms with E-state index in [1.54, 1.807) is 0 Å².